The number of hydrogen-bond acceptors (Lipinski definition) is 6. The van der Waals surface area contributed by atoms with Crippen LogP contribution in [0, 0.1) is 6.92 Å². The molecule has 24 heavy (non-hydrogen) atoms. The van der Waals surface area contributed by atoms with Crippen molar-refractivity contribution in [3.8, 4) is 0 Å². The average molecular weight is 327 g/mol. The van der Waals surface area contributed by atoms with Gasteiger partial charge in [0.15, 0.2) is 11.5 Å². The molecule has 1 fully saturated rings. The zero-order valence-corrected chi connectivity index (χ0v) is 13.2. The quantitative estimate of drug-likeness (QED) is 0.761. The van der Waals surface area contributed by atoms with E-state index >= 15 is 0 Å². The van der Waals surface area contributed by atoms with E-state index in [1.165, 1.54) is 0 Å². The van der Waals surface area contributed by atoms with Crippen molar-refractivity contribution in [1.29, 1.82) is 0 Å². The van der Waals surface area contributed by atoms with E-state index in [1.807, 2.05) is 18.2 Å². The van der Waals surface area contributed by atoms with E-state index in [1.54, 1.807) is 17.5 Å². The monoisotopic (exact) mass is 327 g/mol. The van der Waals surface area contributed by atoms with Gasteiger partial charge in [-0.05, 0) is 25.0 Å². The van der Waals surface area contributed by atoms with E-state index < -0.39 is 5.54 Å². The van der Waals surface area contributed by atoms with Crippen LogP contribution in [-0.4, -0.2) is 30.8 Å². The maximum atomic E-state index is 12.5. The predicted octanol–water partition coefficient (Wildman–Crippen LogP) is 2.01. The predicted molar refractivity (Wildman–Crippen MR) is 84.3 cm³/mol. The van der Waals surface area contributed by atoms with E-state index in [9.17, 15) is 4.79 Å². The van der Waals surface area contributed by atoms with Gasteiger partial charge in [-0.15, -0.1) is 10.2 Å². The molecule has 9 nitrogen and oxygen atoms in total. The van der Waals surface area contributed by atoms with Gasteiger partial charge in [-0.2, -0.15) is 4.98 Å². The number of aromatic nitrogens is 5. The summed E-state index contributed by atoms with van der Waals surface area (Å²) in [5.74, 6) is 1.38. The number of nitrogens with one attached hydrogen (secondary N) is 2. The van der Waals surface area contributed by atoms with E-state index in [-0.39, 0.29) is 6.03 Å². The smallest absolute Gasteiger partial charge is 0.322 e. The summed E-state index contributed by atoms with van der Waals surface area (Å²) in [7, 11) is 0. The second-order valence-electron chi connectivity index (χ2n) is 5.96. The molecule has 2 amide bonds. The first kappa shape index (κ1) is 14.6. The Kier molecular flexibility index (Phi) is 3.40. The van der Waals surface area contributed by atoms with Crippen LogP contribution in [0.5, 0.6) is 0 Å². The van der Waals surface area contributed by atoms with Crippen LogP contribution in [0.15, 0.2) is 28.9 Å². The molecule has 4 rings (SSSR count). The Hall–Kier alpha value is -2.97. The van der Waals surface area contributed by atoms with Crippen molar-refractivity contribution in [2.75, 3.05) is 5.32 Å². The molecule has 1 aliphatic carbocycles. The first-order valence-electron chi connectivity index (χ1n) is 7.86. The number of aryl methyl sites for hydroxylation is 1. The number of fused-ring (bicyclic) bond motifs is 1. The van der Waals surface area contributed by atoms with Crippen molar-refractivity contribution >= 4 is 17.6 Å². The number of amides is 2. The number of nitrogens with zero attached hydrogens (tertiary/aromatic N) is 5. The maximum Gasteiger partial charge on any atom is 0.322 e. The lowest BCUT2D eigenvalue weighted by molar-refractivity contribution is 0.232. The molecule has 0 atom stereocenters. The Morgan fingerprint density at radius 3 is 2.88 bits per heavy atom. The van der Waals surface area contributed by atoms with E-state index in [0.29, 0.717) is 23.3 Å². The van der Waals surface area contributed by atoms with Gasteiger partial charge in [-0.1, -0.05) is 24.1 Å². The summed E-state index contributed by atoms with van der Waals surface area (Å²) in [6, 6.07) is 5.16. The van der Waals surface area contributed by atoms with Gasteiger partial charge < -0.3 is 9.84 Å². The minimum atomic E-state index is -0.595. The molecule has 0 spiro atoms. The number of carbonyl (C=O) groups excluding carboxylic acids is 1. The molecule has 0 radical (unpaired) electrons. The summed E-state index contributed by atoms with van der Waals surface area (Å²) < 4.78 is 6.80. The molecule has 1 saturated carbocycles. The zero-order valence-electron chi connectivity index (χ0n) is 13.2. The van der Waals surface area contributed by atoms with Crippen molar-refractivity contribution in [3.05, 3.63) is 36.1 Å². The van der Waals surface area contributed by atoms with Gasteiger partial charge in [0.2, 0.25) is 11.8 Å². The molecule has 0 unspecified atom stereocenters. The van der Waals surface area contributed by atoms with Crippen LogP contribution in [0.4, 0.5) is 10.7 Å². The first-order valence-corrected chi connectivity index (χ1v) is 7.86. The largest absolute Gasteiger partial charge is 0.340 e. The zero-order chi connectivity index (χ0) is 16.6. The highest BCUT2D eigenvalue weighted by Crippen LogP contribution is 2.37. The molecule has 0 aromatic carbocycles. The lowest BCUT2D eigenvalue weighted by Gasteiger charge is -2.26. The van der Waals surface area contributed by atoms with Crippen LogP contribution in [0.1, 0.15) is 37.4 Å². The van der Waals surface area contributed by atoms with E-state index in [4.69, 9.17) is 4.52 Å². The Morgan fingerprint density at radius 1 is 1.29 bits per heavy atom. The fourth-order valence-corrected chi connectivity index (χ4v) is 3.15. The fraction of sp³-hybridized carbons (Fsp3) is 0.400. The molecule has 9 heteroatoms. The van der Waals surface area contributed by atoms with Crippen molar-refractivity contribution in [3.63, 3.8) is 0 Å². The Bertz CT molecular complexity index is 879. The Balaban J connectivity index is 1.56. The van der Waals surface area contributed by atoms with Gasteiger partial charge in [0.25, 0.3) is 0 Å². The van der Waals surface area contributed by atoms with Crippen molar-refractivity contribution in [1.82, 2.24) is 30.1 Å². The summed E-state index contributed by atoms with van der Waals surface area (Å²) in [6.45, 7) is 1.74. The van der Waals surface area contributed by atoms with Crippen LogP contribution in [0.25, 0.3) is 5.65 Å². The number of hydrogen-bond donors (Lipinski definition) is 2. The Morgan fingerprint density at radius 2 is 2.12 bits per heavy atom. The van der Waals surface area contributed by atoms with Crippen molar-refractivity contribution in [2.45, 2.75) is 38.1 Å². The van der Waals surface area contributed by atoms with Gasteiger partial charge in [0.05, 0.1) is 0 Å². The third kappa shape index (κ3) is 2.47. The fourth-order valence-electron chi connectivity index (χ4n) is 3.15. The summed E-state index contributed by atoms with van der Waals surface area (Å²) >= 11 is 0. The molecule has 0 bridgehead atoms. The van der Waals surface area contributed by atoms with Gasteiger partial charge in [-0.25, -0.2) is 4.79 Å². The highest BCUT2D eigenvalue weighted by Gasteiger charge is 2.41. The SMILES string of the molecule is Cc1nc(C2(NC(=O)Nc3nnc4ccccn34)CCCC2)no1. The summed E-state index contributed by atoms with van der Waals surface area (Å²) in [5.41, 5.74) is 0.0691. The molecule has 3 aromatic rings. The van der Waals surface area contributed by atoms with Gasteiger partial charge in [0, 0.05) is 13.1 Å². The number of pyridine rings is 1. The highest BCUT2D eigenvalue weighted by molar-refractivity contribution is 5.88. The van der Waals surface area contributed by atoms with E-state index in [0.717, 1.165) is 25.7 Å². The van der Waals surface area contributed by atoms with Crippen molar-refractivity contribution in [2.24, 2.45) is 0 Å². The topological polar surface area (TPSA) is 110 Å². The molecule has 2 N–H and O–H groups in total. The molecule has 0 saturated heterocycles. The minimum absolute atomic E-state index is 0.362. The number of anilines is 1. The van der Waals surface area contributed by atoms with Crippen molar-refractivity contribution < 1.29 is 9.32 Å². The van der Waals surface area contributed by atoms with Gasteiger partial charge in [0.1, 0.15) is 5.54 Å². The van der Waals surface area contributed by atoms with Crippen LogP contribution < -0.4 is 10.6 Å². The number of urea groups is 1. The normalized spacial score (nSPS) is 16.4. The molecular weight excluding hydrogens is 310 g/mol. The van der Waals surface area contributed by atoms with Crippen LogP contribution in [0.2, 0.25) is 0 Å². The molecular formula is C15H17N7O2. The van der Waals surface area contributed by atoms with Crippen LogP contribution in [-0.2, 0) is 5.54 Å². The molecule has 3 aromatic heterocycles. The minimum Gasteiger partial charge on any atom is -0.340 e. The second kappa shape index (κ2) is 5.59. The lowest BCUT2D eigenvalue weighted by Crippen LogP contribution is -2.46. The standard InChI is InChI=1S/C15H17N7O2/c1-10-16-12(21-24-10)15(7-3-4-8-15)18-14(23)17-13-20-19-11-6-2-5-9-22(11)13/h2,5-6,9H,3-4,7-8H2,1H3,(H2,17,18,20,23). The molecule has 3 heterocycles. The Labute approximate surface area is 137 Å². The molecule has 1 aliphatic rings. The third-order valence-corrected chi connectivity index (χ3v) is 4.30. The lowest BCUT2D eigenvalue weighted by atomic mass is 9.97. The van der Waals surface area contributed by atoms with Crippen LogP contribution >= 0.6 is 0 Å². The molecule has 0 aliphatic heterocycles. The summed E-state index contributed by atoms with van der Waals surface area (Å²) in [5, 5.41) is 17.8. The summed E-state index contributed by atoms with van der Waals surface area (Å²) in [6.07, 6.45) is 5.35. The number of carbonyl (C=O) groups is 1. The van der Waals surface area contributed by atoms with Crippen LogP contribution in [0.3, 0.4) is 0 Å². The number of rotatable bonds is 3. The highest BCUT2D eigenvalue weighted by atomic mass is 16.5. The molecule has 124 valence electrons. The summed E-state index contributed by atoms with van der Waals surface area (Å²) in [4.78, 5) is 16.8. The first-order chi connectivity index (χ1) is 11.7. The second-order valence-corrected chi connectivity index (χ2v) is 5.96. The van der Waals surface area contributed by atoms with Gasteiger partial charge in [-0.3, -0.25) is 9.72 Å². The average Bonchev–Trinajstić information content (AvgIpc) is 3.29. The third-order valence-electron chi connectivity index (χ3n) is 4.30. The maximum absolute atomic E-state index is 12.5. The van der Waals surface area contributed by atoms with E-state index in [2.05, 4.69) is 31.0 Å². The van der Waals surface area contributed by atoms with Gasteiger partial charge >= 0.3 is 6.03 Å².